The molecule has 0 heterocycles. The average molecular weight is 1210 g/mol. The highest BCUT2D eigenvalue weighted by atomic mass is 16.5. The third-order valence-electron chi connectivity index (χ3n) is 21.1. The lowest BCUT2D eigenvalue weighted by Crippen LogP contribution is -2.29. The second-order valence-electron chi connectivity index (χ2n) is 27.4. The highest BCUT2D eigenvalue weighted by Gasteiger charge is 2.48. The fraction of sp³-hybridized carbons (Fsp3) is 0.152. The molecule has 13 aromatic carbocycles. The van der Waals surface area contributed by atoms with Crippen molar-refractivity contribution >= 4 is 17.1 Å². The zero-order valence-electron chi connectivity index (χ0n) is 54.4. The Morgan fingerprint density at radius 2 is 0.777 bits per heavy atom. The van der Waals surface area contributed by atoms with E-state index in [1.807, 2.05) is 0 Å². The molecule has 0 amide bonds. The van der Waals surface area contributed by atoms with E-state index < -0.39 is 10.8 Å². The van der Waals surface area contributed by atoms with E-state index in [1.165, 1.54) is 130 Å². The van der Waals surface area contributed by atoms with E-state index in [2.05, 4.69) is 355 Å². The molecule has 0 saturated heterocycles. The molecule has 3 unspecified atom stereocenters. The fourth-order valence-corrected chi connectivity index (χ4v) is 16.1. The van der Waals surface area contributed by atoms with Crippen molar-refractivity contribution in [1.29, 1.82) is 0 Å². The molecule has 0 N–H and O–H groups in total. The molecular formula is C92H77NO. The molecule has 16 rings (SSSR count). The van der Waals surface area contributed by atoms with Crippen LogP contribution in [0, 0.1) is 0 Å². The summed E-state index contributed by atoms with van der Waals surface area (Å²) in [6, 6.07) is 118. The molecule has 13 aromatic rings. The zero-order chi connectivity index (χ0) is 63.5. The molecule has 0 aliphatic heterocycles. The van der Waals surface area contributed by atoms with E-state index in [1.54, 1.807) is 0 Å². The number of hydrogen-bond acceptors (Lipinski definition) is 2. The van der Waals surface area contributed by atoms with E-state index >= 15 is 0 Å². The second kappa shape index (κ2) is 23.9. The first-order valence-electron chi connectivity index (χ1n) is 33.8. The first-order valence-corrected chi connectivity index (χ1v) is 33.8. The van der Waals surface area contributed by atoms with Gasteiger partial charge in [-0.25, -0.2) is 0 Å². The second-order valence-corrected chi connectivity index (χ2v) is 27.4. The van der Waals surface area contributed by atoms with Gasteiger partial charge in [0.05, 0.1) is 10.8 Å². The van der Waals surface area contributed by atoms with Crippen LogP contribution in [0.4, 0.5) is 17.1 Å². The van der Waals surface area contributed by atoms with E-state index in [0.29, 0.717) is 11.8 Å². The molecule has 2 nitrogen and oxygen atoms in total. The number of ether oxygens (including phenoxy) is 1. The van der Waals surface area contributed by atoms with Gasteiger partial charge in [-0.3, -0.25) is 0 Å². The van der Waals surface area contributed by atoms with Crippen LogP contribution in [0.2, 0.25) is 0 Å². The molecule has 2 heteroatoms. The van der Waals surface area contributed by atoms with Gasteiger partial charge >= 0.3 is 0 Å². The largest absolute Gasteiger partial charge is 0.457 e. The summed E-state index contributed by atoms with van der Waals surface area (Å²) in [7, 11) is 0. The minimum Gasteiger partial charge on any atom is -0.457 e. The van der Waals surface area contributed by atoms with Gasteiger partial charge in [0.15, 0.2) is 0 Å². The molecule has 0 saturated carbocycles. The molecule has 0 aromatic heterocycles. The molecule has 456 valence electrons. The summed E-state index contributed by atoms with van der Waals surface area (Å²) in [4.78, 5) is 2.49. The van der Waals surface area contributed by atoms with Crippen LogP contribution in [-0.2, 0) is 29.1 Å². The molecule has 94 heavy (non-hydrogen) atoms. The van der Waals surface area contributed by atoms with Gasteiger partial charge in [-0.2, -0.15) is 0 Å². The van der Waals surface area contributed by atoms with Crippen molar-refractivity contribution in [1.82, 2.24) is 0 Å². The lowest BCUT2D eigenvalue weighted by atomic mass is 9.67. The van der Waals surface area contributed by atoms with E-state index in [4.69, 9.17) is 4.74 Å². The molecule has 0 radical (unpaired) electrons. The summed E-state index contributed by atoms with van der Waals surface area (Å²) in [5, 5.41) is 0. The Balaban J connectivity index is 0.782. The predicted molar refractivity (Wildman–Crippen MR) is 392 cm³/mol. The van der Waals surface area contributed by atoms with Gasteiger partial charge in [0, 0.05) is 17.1 Å². The van der Waals surface area contributed by atoms with Crippen LogP contribution in [-0.4, -0.2) is 0 Å². The van der Waals surface area contributed by atoms with E-state index in [0.717, 1.165) is 41.4 Å². The van der Waals surface area contributed by atoms with Crippen molar-refractivity contribution in [3.63, 3.8) is 0 Å². The van der Waals surface area contributed by atoms with Gasteiger partial charge in [0.2, 0.25) is 0 Å². The maximum absolute atomic E-state index is 6.80. The Kier molecular flexibility index (Phi) is 14.9. The molecular weight excluding hydrogens is 1140 g/mol. The highest BCUT2D eigenvalue weighted by Crippen LogP contribution is 2.60. The van der Waals surface area contributed by atoms with Crippen LogP contribution in [0.25, 0.3) is 44.5 Å². The van der Waals surface area contributed by atoms with Gasteiger partial charge in [-0.15, -0.1) is 0 Å². The number of aryl methyl sites for hydroxylation is 2. The first kappa shape index (κ1) is 58.5. The zero-order valence-corrected chi connectivity index (χ0v) is 54.4. The molecule has 3 aliphatic rings. The SMILES string of the molecule is CCC(CC(C)c1ccc(Oc2ccc(C3(c4ccc(C(C)(C)C)cc4)c4ccccc4-c4ccc(N(c5ccc(-c6ccccc6)cc5)c5ccc6c(c5)C(c5ccccc5)(c5ccccc5)c5ccccc5-6)cc43)cc2)cc1)c1ccc(-c2ccc3c(c2)CC3)cc1. The Morgan fingerprint density at radius 1 is 0.362 bits per heavy atom. The Morgan fingerprint density at radius 3 is 1.29 bits per heavy atom. The number of rotatable bonds is 16. The van der Waals surface area contributed by atoms with Crippen LogP contribution < -0.4 is 9.64 Å². The Bertz CT molecular complexity index is 4850. The fourth-order valence-electron chi connectivity index (χ4n) is 16.1. The maximum Gasteiger partial charge on any atom is 0.127 e. The number of anilines is 3. The monoisotopic (exact) mass is 1210 g/mol. The average Bonchev–Trinajstić information content (AvgIpc) is 1.55. The predicted octanol–water partition coefficient (Wildman–Crippen LogP) is 24.1. The maximum atomic E-state index is 6.80. The molecule has 3 aliphatic carbocycles. The van der Waals surface area contributed by atoms with E-state index in [9.17, 15) is 0 Å². The molecule has 3 atom stereocenters. The summed E-state index contributed by atoms with van der Waals surface area (Å²) >= 11 is 0. The van der Waals surface area contributed by atoms with Crippen molar-refractivity contribution in [3.05, 3.63) is 388 Å². The number of nitrogens with zero attached hydrogens (tertiary/aromatic N) is 1. The normalized spacial score (nSPS) is 15.3. The summed E-state index contributed by atoms with van der Waals surface area (Å²) in [5.41, 5.74) is 28.9. The molecule has 0 fully saturated rings. The minimum atomic E-state index is -0.701. The van der Waals surface area contributed by atoms with Crippen molar-refractivity contribution in [2.24, 2.45) is 0 Å². The lowest BCUT2D eigenvalue weighted by molar-refractivity contribution is 0.481. The third kappa shape index (κ3) is 10.0. The summed E-state index contributed by atoms with van der Waals surface area (Å²) in [6.07, 6.45) is 4.60. The minimum absolute atomic E-state index is 0.0277. The summed E-state index contributed by atoms with van der Waals surface area (Å²) in [6.45, 7) is 11.6. The number of fused-ring (bicyclic) bond motifs is 7. The van der Waals surface area contributed by atoms with Crippen LogP contribution in [0.3, 0.4) is 0 Å². The number of hydrogen-bond donors (Lipinski definition) is 0. The summed E-state index contributed by atoms with van der Waals surface area (Å²) in [5.74, 6) is 2.48. The van der Waals surface area contributed by atoms with Crippen LogP contribution in [0.5, 0.6) is 11.5 Å². The number of benzene rings is 13. The smallest absolute Gasteiger partial charge is 0.127 e. The van der Waals surface area contributed by atoms with Gasteiger partial charge < -0.3 is 9.64 Å². The summed E-state index contributed by atoms with van der Waals surface area (Å²) < 4.78 is 6.80. The molecule has 0 spiro atoms. The standard InChI is InChI=1S/C92H77NO/c1-6-63(66-30-32-68(33-31-66)70-36-34-69-35-37-71(69)59-70)58-62(2)64-40-52-80(53-41-64)94-81-54-46-76(47-55-81)92(75-44-42-72(43-45-75)90(3,4)5)87-29-19-17-27-83(87)85-57-51-79(61-89(85)92)93(77-48-38-67(39-49-77)65-20-10-7-11-21-65)78-50-56-84-82-26-16-18-28-86(82)91(88(84)60-78,73-22-12-8-13-23-73)74-24-14-9-15-25-74/h7-34,36,38-57,59-63H,6,35,37,58H2,1-5H3. The van der Waals surface area contributed by atoms with Crippen molar-refractivity contribution in [3.8, 4) is 56.0 Å². The van der Waals surface area contributed by atoms with Crippen LogP contribution in [0.1, 0.15) is 132 Å². The highest BCUT2D eigenvalue weighted by molar-refractivity contribution is 5.92. The van der Waals surface area contributed by atoms with Crippen molar-refractivity contribution in [2.45, 2.75) is 88.4 Å². The third-order valence-corrected chi connectivity index (χ3v) is 21.1. The van der Waals surface area contributed by atoms with Crippen LogP contribution >= 0.6 is 0 Å². The topological polar surface area (TPSA) is 12.5 Å². The van der Waals surface area contributed by atoms with Crippen molar-refractivity contribution in [2.75, 3.05) is 4.90 Å². The first-order chi connectivity index (χ1) is 46.1. The van der Waals surface area contributed by atoms with E-state index in [-0.39, 0.29) is 5.41 Å². The quantitative estimate of drug-likeness (QED) is 0.0956. The Hall–Kier alpha value is -10.5. The van der Waals surface area contributed by atoms with Gasteiger partial charge in [-0.1, -0.05) is 289 Å². The Labute approximate surface area is 555 Å². The van der Waals surface area contributed by atoms with Gasteiger partial charge in [-0.05, 0) is 220 Å². The van der Waals surface area contributed by atoms with Gasteiger partial charge in [0.1, 0.15) is 11.5 Å². The lowest BCUT2D eigenvalue weighted by Gasteiger charge is -2.36. The van der Waals surface area contributed by atoms with Crippen LogP contribution in [0.15, 0.2) is 315 Å². The molecule has 0 bridgehead atoms. The van der Waals surface area contributed by atoms with Gasteiger partial charge in [0.25, 0.3) is 0 Å². The van der Waals surface area contributed by atoms with Crippen molar-refractivity contribution < 1.29 is 4.74 Å².